The van der Waals surface area contributed by atoms with Crippen LogP contribution in [-0.4, -0.2) is 73.2 Å². The van der Waals surface area contributed by atoms with E-state index < -0.39 is 0 Å². The predicted octanol–water partition coefficient (Wildman–Crippen LogP) is 1.58. The summed E-state index contributed by atoms with van der Waals surface area (Å²) >= 11 is 6.07. The number of aromatic nitrogens is 2. The van der Waals surface area contributed by atoms with Gasteiger partial charge in [-0.05, 0) is 40.0 Å². The molecule has 1 N–H and O–H groups in total. The first-order valence-corrected chi connectivity index (χ1v) is 7.67. The van der Waals surface area contributed by atoms with Gasteiger partial charge in [-0.25, -0.2) is 4.98 Å². The van der Waals surface area contributed by atoms with E-state index in [4.69, 9.17) is 16.3 Å². The number of hydrogen-bond acceptors (Lipinski definition) is 6. The van der Waals surface area contributed by atoms with Crippen LogP contribution in [0.1, 0.15) is 12.8 Å². The first-order valence-electron chi connectivity index (χ1n) is 7.29. The third-order valence-electron chi connectivity index (χ3n) is 3.91. The topological polar surface area (TPSA) is 53.5 Å². The zero-order valence-electron chi connectivity index (χ0n) is 13.0. The van der Waals surface area contributed by atoms with Crippen LogP contribution in [0.15, 0.2) is 6.20 Å². The smallest absolute Gasteiger partial charge is 0.318 e. The Labute approximate surface area is 131 Å². The summed E-state index contributed by atoms with van der Waals surface area (Å²) in [5, 5.41) is 3.77. The Morgan fingerprint density at radius 3 is 2.76 bits per heavy atom. The lowest BCUT2D eigenvalue weighted by molar-refractivity contribution is 0.148. The Morgan fingerprint density at radius 1 is 1.43 bits per heavy atom. The molecule has 1 aliphatic heterocycles. The van der Waals surface area contributed by atoms with Gasteiger partial charge in [0.05, 0.1) is 13.3 Å². The Kier molecular flexibility index (Phi) is 6.02. The highest BCUT2D eigenvalue weighted by Gasteiger charge is 2.20. The summed E-state index contributed by atoms with van der Waals surface area (Å²) in [5.74, 6) is 0.631. The molecule has 2 heterocycles. The van der Waals surface area contributed by atoms with Crippen LogP contribution in [-0.2, 0) is 0 Å². The van der Waals surface area contributed by atoms with Crippen LogP contribution in [0.4, 0.5) is 5.82 Å². The number of likely N-dealkylation sites (tertiary alicyclic amines) is 1. The molecule has 0 bridgehead atoms. The normalized spacial score (nSPS) is 17.2. The van der Waals surface area contributed by atoms with Gasteiger partial charge in [-0.1, -0.05) is 11.6 Å². The van der Waals surface area contributed by atoms with Crippen molar-refractivity contribution in [2.75, 3.05) is 52.7 Å². The average Bonchev–Trinajstić information content (AvgIpc) is 2.49. The number of hydrogen-bond donors (Lipinski definition) is 1. The Morgan fingerprint density at radius 2 is 2.14 bits per heavy atom. The maximum Gasteiger partial charge on any atom is 0.318 e. The van der Waals surface area contributed by atoms with Gasteiger partial charge in [-0.15, -0.1) is 0 Å². The fourth-order valence-electron chi connectivity index (χ4n) is 2.57. The predicted molar refractivity (Wildman–Crippen MR) is 85.2 cm³/mol. The molecule has 0 saturated carbocycles. The van der Waals surface area contributed by atoms with Crippen LogP contribution in [0.3, 0.4) is 0 Å². The number of piperidine rings is 1. The molecule has 0 aliphatic carbocycles. The van der Waals surface area contributed by atoms with Crippen LogP contribution >= 0.6 is 11.6 Å². The Hall–Kier alpha value is -1.11. The number of halogens is 1. The van der Waals surface area contributed by atoms with Crippen LogP contribution in [0.5, 0.6) is 6.01 Å². The molecule has 0 spiro atoms. The number of anilines is 1. The largest absolute Gasteiger partial charge is 0.467 e. The van der Waals surface area contributed by atoms with Crippen molar-refractivity contribution < 1.29 is 4.74 Å². The first kappa shape index (κ1) is 16.3. The molecule has 1 aliphatic rings. The summed E-state index contributed by atoms with van der Waals surface area (Å²) in [5.41, 5.74) is 0. The maximum atomic E-state index is 6.07. The van der Waals surface area contributed by atoms with E-state index in [2.05, 4.69) is 39.2 Å². The van der Waals surface area contributed by atoms with E-state index in [0.717, 1.165) is 32.2 Å². The molecular formula is C14H24ClN5O. The van der Waals surface area contributed by atoms with Crippen molar-refractivity contribution in [1.29, 1.82) is 0 Å². The lowest BCUT2D eigenvalue weighted by Crippen LogP contribution is -2.43. The van der Waals surface area contributed by atoms with Crippen LogP contribution in [0, 0.1) is 0 Å². The second-order valence-electron chi connectivity index (χ2n) is 5.52. The second kappa shape index (κ2) is 7.77. The van der Waals surface area contributed by atoms with E-state index >= 15 is 0 Å². The number of methoxy groups -OCH3 is 1. The van der Waals surface area contributed by atoms with Crippen molar-refractivity contribution in [1.82, 2.24) is 19.8 Å². The highest BCUT2D eigenvalue weighted by atomic mass is 35.5. The zero-order chi connectivity index (χ0) is 15.2. The zero-order valence-corrected chi connectivity index (χ0v) is 13.7. The van der Waals surface area contributed by atoms with Crippen molar-refractivity contribution in [2.24, 2.45) is 0 Å². The number of ether oxygens (including phenoxy) is 1. The molecule has 1 saturated heterocycles. The third-order valence-corrected chi connectivity index (χ3v) is 4.19. The summed E-state index contributed by atoms with van der Waals surface area (Å²) < 4.78 is 5.00. The molecule has 0 unspecified atom stereocenters. The van der Waals surface area contributed by atoms with E-state index in [1.165, 1.54) is 12.8 Å². The van der Waals surface area contributed by atoms with Gasteiger partial charge in [0, 0.05) is 19.1 Å². The third kappa shape index (κ3) is 4.69. The summed E-state index contributed by atoms with van der Waals surface area (Å²) in [7, 11) is 5.86. The summed E-state index contributed by atoms with van der Waals surface area (Å²) in [6.07, 6.45) is 4.02. The Bertz CT molecular complexity index is 449. The minimum absolute atomic E-state index is 0.327. The molecule has 7 heteroatoms. The van der Waals surface area contributed by atoms with Crippen molar-refractivity contribution in [3.63, 3.8) is 0 Å². The van der Waals surface area contributed by atoms with Gasteiger partial charge >= 0.3 is 6.01 Å². The highest BCUT2D eigenvalue weighted by Crippen LogP contribution is 2.20. The molecule has 1 fully saturated rings. The lowest BCUT2D eigenvalue weighted by atomic mass is 10.0. The quantitative estimate of drug-likeness (QED) is 0.860. The van der Waals surface area contributed by atoms with Gasteiger partial charge in [-0.2, -0.15) is 4.98 Å². The van der Waals surface area contributed by atoms with E-state index in [-0.39, 0.29) is 0 Å². The number of nitrogens with zero attached hydrogens (tertiary/aromatic N) is 4. The average molecular weight is 314 g/mol. The lowest BCUT2D eigenvalue weighted by Gasteiger charge is -2.35. The van der Waals surface area contributed by atoms with Crippen LogP contribution in [0.2, 0.25) is 5.02 Å². The molecule has 0 aromatic carbocycles. The van der Waals surface area contributed by atoms with Crippen molar-refractivity contribution in [2.45, 2.75) is 18.9 Å². The molecule has 6 nitrogen and oxygen atoms in total. The monoisotopic (exact) mass is 313 g/mol. The Balaban J connectivity index is 1.75. The van der Waals surface area contributed by atoms with Crippen molar-refractivity contribution in [3.8, 4) is 6.01 Å². The van der Waals surface area contributed by atoms with Gasteiger partial charge < -0.3 is 19.9 Å². The molecule has 1 aromatic heterocycles. The molecule has 21 heavy (non-hydrogen) atoms. The van der Waals surface area contributed by atoms with Gasteiger partial charge in [0.15, 0.2) is 5.82 Å². The fraction of sp³-hybridized carbons (Fsp3) is 0.714. The molecule has 2 rings (SSSR count). The minimum Gasteiger partial charge on any atom is -0.467 e. The highest BCUT2D eigenvalue weighted by molar-refractivity contribution is 6.32. The molecular weight excluding hydrogens is 290 g/mol. The van der Waals surface area contributed by atoms with E-state index in [1.54, 1.807) is 13.3 Å². The van der Waals surface area contributed by atoms with Crippen LogP contribution in [0.25, 0.3) is 0 Å². The second-order valence-corrected chi connectivity index (χ2v) is 5.92. The maximum absolute atomic E-state index is 6.07. The van der Waals surface area contributed by atoms with Gasteiger partial charge in [0.1, 0.15) is 5.02 Å². The molecule has 118 valence electrons. The summed E-state index contributed by atoms with van der Waals surface area (Å²) in [6.45, 7) is 4.09. The number of rotatable bonds is 6. The first-order chi connectivity index (χ1) is 10.1. The molecule has 0 amide bonds. The van der Waals surface area contributed by atoms with E-state index in [1.807, 2.05) is 0 Å². The van der Waals surface area contributed by atoms with Crippen molar-refractivity contribution >= 4 is 17.4 Å². The summed E-state index contributed by atoms with van der Waals surface area (Å²) in [6, 6.07) is 1.04. The number of nitrogens with one attached hydrogen (secondary N) is 1. The van der Waals surface area contributed by atoms with E-state index in [9.17, 15) is 0 Å². The van der Waals surface area contributed by atoms with Gasteiger partial charge in [-0.3, -0.25) is 0 Å². The molecule has 0 radical (unpaired) electrons. The van der Waals surface area contributed by atoms with Gasteiger partial charge in [0.2, 0.25) is 0 Å². The van der Waals surface area contributed by atoms with Crippen molar-refractivity contribution in [3.05, 3.63) is 11.2 Å². The standard InChI is InChI=1S/C14H24ClN5O/c1-19(2)11-4-7-20(8-5-11)9-6-16-13-12(15)10-17-14(18-13)21-3/h10-11H,4-9H2,1-3H3,(H,16,17,18). The SMILES string of the molecule is COc1ncc(Cl)c(NCCN2CCC(N(C)C)CC2)n1. The molecule has 0 atom stereocenters. The molecule has 1 aromatic rings. The fourth-order valence-corrected chi connectivity index (χ4v) is 2.72. The minimum atomic E-state index is 0.327. The van der Waals surface area contributed by atoms with E-state index in [0.29, 0.717) is 16.9 Å². The summed E-state index contributed by atoms with van der Waals surface area (Å²) in [4.78, 5) is 13.0. The van der Waals surface area contributed by atoms with Crippen LogP contribution < -0.4 is 10.1 Å². The van der Waals surface area contributed by atoms with Gasteiger partial charge in [0.25, 0.3) is 0 Å².